The maximum absolute atomic E-state index is 13.4. The summed E-state index contributed by atoms with van der Waals surface area (Å²) in [7, 11) is 0. The summed E-state index contributed by atoms with van der Waals surface area (Å²) in [4.78, 5) is 39.4. The number of imide groups is 1. The predicted molar refractivity (Wildman–Crippen MR) is 153 cm³/mol. The van der Waals surface area contributed by atoms with Gasteiger partial charge in [-0.05, 0) is 58.4 Å². The number of rotatable bonds is 6. The van der Waals surface area contributed by atoms with Crippen LogP contribution in [0.3, 0.4) is 0 Å². The summed E-state index contributed by atoms with van der Waals surface area (Å²) in [5.74, 6) is -1.62. The molecule has 6 rings (SSSR count). The van der Waals surface area contributed by atoms with Crippen molar-refractivity contribution < 1.29 is 18.8 Å². The summed E-state index contributed by atoms with van der Waals surface area (Å²) in [5, 5.41) is 5.29. The number of benzene rings is 4. The first-order chi connectivity index (χ1) is 19.0. The van der Waals surface area contributed by atoms with Gasteiger partial charge in [-0.25, -0.2) is 4.39 Å². The van der Waals surface area contributed by atoms with E-state index in [2.05, 4.69) is 34.1 Å². The van der Waals surface area contributed by atoms with Crippen molar-refractivity contribution >= 4 is 62.3 Å². The lowest BCUT2D eigenvalue weighted by Gasteiger charge is -2.12. The van der Waals surface area contributed by atoms with Gasteiger partial charge >= 0.3 is 0 Å². The Labute approximate surface area is 227 Å². The fraction of sp³-hybridized carbons (Fsp3) is 0.0645. The largest absolute Gasteiger partial charge is 0.342 e. The molecule has 1 aliphatic heterocycles. The van der Waals surface area contributed by atoms with Crippen LogP contribution in [0.15, 0.2) is 102 Å². The van der Waals surface area contributed by atoms with E-state index in [0.717, 1.165) is 33.1 Å². The third kappa shape index (κ3) is 4.94. The van der Waals surface area contributed by atoms with Gasteiger partial charge in [-0.2, -0.15) is 0 Å². The maximum atomic E-state index is 13.4. The first-order valence-corrected chi connectivity index (χ1v) is 13.1. The highest BCUT2D eigenvalue weighted by Crippen LogP contribution is 2.34. The topological polar surface area (TPSA) is 71.4 Å². The average molecular weight is 536 g/mol. The zero-order valence-corrected chi connectivity index (χ0v) is 21.5. The van der Waals surface area contributed by atoms with Gasteiger partial charge in [0.25, 0.3) is 11.1 Å². The molecule has 0 bridgehead atoms. The van der Waals surface area contributed by atoms with E-state index in [4.69, 9.17) is 0 Å². The van der Waals surface area contributed by atoms with E-state index in [-0.39, 0.29) is 10.6 Å². The van der Waals surface area contributed by atoms with Gasteiger partial charge in [0, 0.05) is 34.9 Å². The number of fused-ring (bicyclic) bond motifs is 2. The molecule has 6 nitrogen and oxygen atoms in total. The van der Waals surface area contributed by atoms with Gasteiger partial charge in [0.05, 0.1) is 4.91 Å². The summed E-state index contributed by atoms with van der Waals surface area (Å²) >= 11 is 0.800. The second-order valence-electron chi connectivity index (χ2n) is 9.19. The number of anilines is 1. The smallest absolute Gasteiger partial charge is 0.294 e. The Bertz CT molecular complexity index is 1800. The number of nitrogens with one attached hydrogen (secondary N) is 1. The van der Waals surface area contributed by atoms with Crippen molar-refractivity contribution in [2.45, 2.75) is 6.54 Å². The molecule has 0 aliphatic carbocycles. The maximum Gasteiger partial charge on any atom is 0.294 e. The second kappa shape index (κ2) is 10.2. The van der Waals surface area contributed by atoms with E-state index >= 15 is 0 Å². The van der Waals surface area contributed by atoms with E-state index in [1.54, 1.807) is 6.08 Å². The van der Waals surface area contributed by atoms with Crippen molar-refractivity contribution in [2.75, 3.05) is 11.9 Å². The minimum atomic E-state index is -0.587. The molecule has 0 saturated carbocycles. The zero-order chi connectivity index (χ0) is 26.9. The van der Waals surface area contributed by atoms with E-state index < -0.39 is 29.4 Å². The molecule has 8 heteroatoms. The molecule has 0 unspecified atom stereocenters. The molecule has 1 aromatic heterocycles. The molecule has 0 atom stereocenters. The van der Waals surface area contributed by atoms with Crippen LogP contribution >= 0.6 is 11.8 Å². The van der Waals surface area contributed by atoms with Crippen LogP contribution in [-0.2, 0) is 16.1 Å². The van der Waals surface area contributed by atoms with Gasteiger partial charge in [0.2, 0.25) is 5.91 Å². The Balaban J connectivity index is 1.27. The average Bonchev–Trinajstić information content (AvgIpc) is 3.40. The van der Waals surface area contributed by atoms with E-state index in [0.29, 0.717) is 6.54 Å². The summed E-state index contributed by atoms with van der Waals surface area (Å²) in [5.41, 5.74) is 3.23. The number of aromatic nitrogens is 1. The van der Waals surface area contributed by atoms with Gasteiger partial charge in [-0.15, -0.1) is 0 Å². The molecule has 39 heavy (non-hydrogen) atoms. The Morgan fingerprint density at radius 2 is 1.64 bits per heavy atom. The number of hydrogen-bond acceptors (Lipinski definition) is 4. The fourth-order valence-corrected chi connectivity index (χ4v) is 5.65. The number of thioether (sulfide) groups is 1. The molecule has 1 aliphatic rings. The Morgan fingerprint density at radius 3 is 2.49 bits per heavy atom. The molecule has 0 radical (unpaired) electrons. The molecular weight excluding hydrogens is 513 g/mol. The summed E-state index contributed by atoms with van der Waals surface area (Å²) in [6.07, 6.45) is 3.69. The predicted octanol–water partition coefficient (Wildman–Crippen LogP) is 6.66. The molecule has 5 aromatic rings. The lowest BCUT2D eigenvalue weighted by molar-refractivity contribution is -0.127. The van der Waals surface area contributed by atoms with E-state index in [1.165, 1.54) is 40.6 Å². The van der Waals surface area contributed by atoms with Gasteiger partial charge < -0.3 is 9.88 Å². The molecule has 1 N–H and O–H groups in total. The highest BCUT2D eigenvalue weighted by atomic mass is 32.2. The highest BCUT2D eigenvalue weighted by Gasteiger charge is 2.36. The lowest BCUT2D eigenvalue weighted by Crippen LogP contribution is -2.36. The van der Waals surface area contributed by atoms with E-state index in [1.807, 2.05) is 48.7 Å². The van der Waals surface area contributed by atoms with Crippen molar-refractivity contribution in [3.8, 4) is 0 Å². The number of nitrogens with zero attached hydrogens (tertiary/aromatic N) is 2. The third-order valence-corrected chi connectivity index (χ3v) is 7.52. The van der Waals surface area contributed by atoms with Gasteiger partial charge in [0.15, 0.2) is 0 Å². The summed E-state index contributed by atoms with van der Waals surface area (Å²) in [6, 6.07) is 27.8. The molecule has 4 aromatic carbocycles. The van der Waals surface area contributed by atoms with Crippen LogP contribution in [0.1, 0.15) is 11.1 Å². The second-order valence-corrected chi connectivity index (χ2v) is 10.2. The summed E-state index contributed by atoms with van der Waals surface area (Å²) in [6.45, 7) is 0.179. The lowest BCUT2D eigenvalue weighted by atomic mass is 10.0. The number of carbonyl (C=O) groups excluding carboxylic acids is 3. The highest BCUT2D eigenvalue weighted by molar-refractivity contribution is 8.18. The number of hydrogen-bond donors (Lipinski definition) is 1. The van der Waals surface area contributed by atoms with Gasteiger partial charge in [-0.3, -0.25) is 19.3 Å². The van der Waals surface area contributed by atoms with Crippen LogP contribution < -0.4 is 5.32 Å². The minimum absolute atomic E-state index is 0.242. The third-order valence-electron chi connectivity index (χ3n) is 6.61. The van der Waals surface area contributed by atoms with Crippen LogP contribution in [-0.4, -0.2) is 33.1 Å². The zero-order valence-electron chi connectivity index (χ0n) is 20.6. The van der Waals surface area contributed by atoms with Crippen LogP contribution in [0.4, 0.5) is 14.9 Å². The van der Waals surface area contributed by atoms with Crippen LogP contribution in [0.5, 0.6) is 0 Å². The van der Waals surface area contributed by atoms with Crippen LogP contribution in [0.25, 0.3) is 27.8 Å². The Kier molecular flexibility index (Phi) is 6.46. The van der Waals surface area contributed by atoms with Gasteiger partial charge in [0.1, 0.15) is 12.4 Å². The number of halogens is 1. The standard InChI is InChI=1S/C31H22FN3O3S/c32-23-10-6-11-24(16-23)33-29(36)19-35-30(37)28(39-31(35)38)15-22-18-34(27-14-4-3-13-26(22)27)17-21-9-5-8-20-7-1-2-12-25(20)21/h1-16,18H,17,19H2,(H,33,36)/b28-15+. The molecule has 1 saturated heterocycles. The van der Waals surface area contributed by atoms with Crippen LogP contribution in [0, 0.1) is 5.82 Å². The Hall–Kier alpha value is -4.69. The fourth-order valence-electron chi connectivity index (χ4n) is 4.82. The SMILES string of the molecule is O=C(CN1C(=O)S/C(=C/c2cn(Cc3cccc4ccccc34)c3ccccc23)C1=O)Nc1cccc(F)c1. The van der Waals surface area contributed by atoms with Crippen molar-refractivity contribution in [3.63, 3.8) is 0 Å². The molecule has 192 valence electrons. The van der Waals surface area contributed by atoms with Crippen molar-refractivity contribution in [3.05, 3.63) is 119 Å². The normalized spacial score (nSPS) is 14.6. The van der Waals surface area contributed by atoms with Crippen molar-refractivity contribution in [1.29, 1.82) is 0 Å². The number of amides is 3. The monoisotopic (exact) mass is 535 g/mol. The van der Waals surface area contributed by atoms with Crippen molar-refractivity contribution in [1.82, 2.24) is 9.47 Å². The first-order valence-electron chi connectivity index (χ1n) is 12.3. The van der Waals surface area contributed by atoms with Gasteiger partial charge in [-0.1, -0.05) is 66.7 Å². The summed E-state index contributed by atoms with van der Waals surface area (Å²) < 4.78 is 15.6. The molecule has 1 fully saturated rings. The number of carbonyl (C=O) groups is 3. The quantitative estimate of drug-likeness (QED) is 0.247. The molecular formula is C31H22FN3O3S. The van der Waals surface area contributed by atoms with E-state index in [9.17, 15) is 18.8 Å². The molecule has 2 heterocycles. The minimum Gasteiger partial charge on any atom is -0.342 e. The van der Waals surface area contributed by atoms with Crippen LogP contribution in [0.2, 0.25) is 0 Å². The first kappa shape index (κ1) is 24.6. The molecule has 0 spiro atoms. The number of para-hydroxylation sites is 1. The Morgan fingerprint density at radius 1 is 0.897 bits per heavy atom. The molecule has 3 amide bonds. The van der Waals surface area contributed by atoms with Crippen molar-refractivity contribution in [2.24, 2.45) is 0 Å².